The van der Waals surface area contributed by atoms with Crippen LogP contribution in [0.2, 0.25) is 0 Å². The van der Waals surface area contributed by atoms with Gasteiger partial charge in [-0.25, -0.2) is 9.59 Å². The molecule has 0 aliphatic heterocycles. The Kier molecular flexibility index (Phi) is 8.17. The molecular weight excluding hydrogens is 456 g/mol. The average molecular weight is 503 g/mol. The van der Waals surface area contributed by atoms with Crippen LogP contribution in [-0.2, 0) is 14.4 Å². The van der Waals surface area contributed by atoms with Crippen LogP contribution in [0.15, 0.2) is 22.8 Å². The Labute approximate surface area is 216 Å². The highest BCUT2D eigenvalue weighted by atomic mass is 16.4. The standard InChI is InChI=1S/C30H46O6/c1-18(8-7-9-19(2)26(33)34)22-14-15-30(6)24-12-10-21(20(3)27(35)36)23(11-13-25(31)32)28(24,4)16-17-29(22,30)5/h9,18,22-24H,7-8,10-17H2,1-6H3,(H,31,32)(H,33,34)(H,35,36)/b19-9+,21-20-/t18-,22-,23-,24-,28+,29-,30+/m0/s1. The first-order chi connectivity index (χ1) is 16.7. The number of allylic oxidation sites excluding steroid dienone is 2. The van der Waals surface area contributed by atoms with Crippen LogP contribution in [-0.4, -0.2) is 33.2 Å². The maximum absolute atomic E-state index is 11.9. The summed E-state index contributed by atoms with van der Waals surface area (Å²) in [6.45, 7) is 12.9. The molecule has 0 saturated heterocycles. The largest absolute Gasteiger partial charge is 0.481 e. The fourth-order valence-electron chi connectivity index (χ4n) is 9.02. The second-order valence-corrected chi connectivity index (χ2v) is 12.8. The number of rotatable bonds is 9. The lowest BCUT2D eigenvalue weighted by Crippen LogP contribution is -2.57. The van der Waals surface area contributed by atoms with Crippen molar-refractivity contribution in [1.29, 1.82) is 0 Å². The van der Waals surface area contributed by atoms with Gasteiger partial charge in [-0.2, -0.15) is 0 Å². The van der Waals surface area contributed by atoms with Gasteiger partial charge in [0, 0.05) is 17.6 Å². The summed E-state index contributed by atoms with van der Waals surface area (Å²) < 4.78 is 0. The number of hydrogen-bond donors (Lipinski definition) is 3. The van der Waals surface area contributed by atoms with Crippen molar-refractivity contribution in [3.8, 4) is 0 Å². The quantitative estimate of drug-likeness (QED) is 0.294. The molecule has 3 fully saturated rings. The minimum Gasteiger partial charge on any atom is -0.481 e. The Hall–Kier alpha value is -2.11. The maximum Gasteiger partial charge on any atom is 0.331 e. The van der Waals surface area contributed by atoms with Gasteiger partial charge in [0.15, 0.2) is 0 Å². The second-order valence-electron chi connectivity index (χ2n) is 12.8. The first-order valence-electron chi connectivity index (χ1n) is 13.7. The molecule has 0 aromatic carbocycles. The molecule has 0 heterocycles. The molecule has 6 heteroatoms. The van der Waals surface area contributed by atoms with Gasteiger partial charge in [-0.05, 0) is 112 Å². The molecule has 36 heavy (non-hydrogen) atoms. The first-order valence-corrected chi connectivity index (χ1v) is 13.7. The van der Waals surface area contributed by atoms with Gasteiger partial charge in [0.1, 0.15) is 0 Å². The normalized spacial score (nSPS) is 38.6. The molecule has 0 bridgehead atoms. The van der Waals surface area contributed by atoms with E-state index in [1.54, 1.807) is 13.8 Å². The average Bonchev–Trinajstić information content (AvgIpc) is 3.07. The van der Waals surface area contributed by atoms with E-state index in [2.05, 4.69) is 27.7 Å². The summed E-state index contributed by atoms with van der Waals surface area (Å²) in [6.07, 6.45) is 10.3. The zero-order valence-corrected chi connectivity index (χ0v) is 23.0. The third-order valence-electron chi connectivity index (χ3n) is 11.3. The number of fused-ring (bicyclic) bond motifs is 3. The molecule has 7 atom stereocenters. The fraction of sp³-hybridized carbons (Fsp3) is 0.767. The lowest BCUT2D eigenvalue weighted by Gasteiger charge is -2.65. The molecule has 3 aliphatic carbocycles. The van der Waals surface area contributed by atoms with E-state index in [0.29, 0.717) is 35.3 Å². The van der Waals surface area contributed by atoms with Gasteiger partial charge in [0.25, 0.3) is 0 Å². The van der Waals surface area contributed by atoms with Gasteiger partial charge in [-0.15, -0.1) is 0 Å². The van der Waals surface area contributed by atoms with Crippen LogP contribution < -0.4 is 0 Å². The van der Waals surface area contributed by atoms with Gasteiger partial charge >= 0.3 is 17.9 Å². The van der Waals surface area contributed by atoms with Crippen LogP contribution in [0.3, 0.4) is 0 Å². The molecule has 0 spiro atoms. The summed E-state index contributed by atoms with van der Waals surface area (Å²) in [6, 6.07) is 0. The fourth-order valence-corrected chi connectivity index (χ4v) is 9.02. The highest BCUT2D eigenvalue weighted by Crippen LogP contribution is 2.74. The maximum atomic E-state index is 11.9. The molecule has 0 aromatic heterocycles. The first kappa shape index (κ1) is 28.5. The van der Waals surface area contributed by atoms with Crippen molar-refractivity contribution in [2.75, 3.05) is 0 Å². The van der Waals surface area contributed by atoms with E-state index < -0.39 is 17.9 Å². The van der Waals surface area contributed by atoms with Crippen molar-refractivity contribution in [3.63, 3.8) is 0 Å². The zero-order valence-electron chi connectivity index (χ0n) is 23.0. The van der Waals surface area contributed by atoms with Crippen molar-refractivity contribution in [1.82, 2.24) is 0 Å². The molecule has 3 rings (SSSR count). The molecular formula is C30H46O6. The van der Waals surface area contributed by atoms with E-state index in [0.717, 1.165) is 50.5 Å². The molecule has 0 amide bonds. The van der Waals surface area contributed by atoms with E-state index in [4.69, 9.17) is 5.11 Å². The molecule has 0 unspecified atom stereocenters. The van der Waals surface area contributed by atoms with Crippen LogP contribution in [0.1, 0.15) is 106 Å². The molecule has 3 saturated carbocycles. The van der Waals surface area contributed by atoms with Crippen LogP contribution >= 0.6 is 0 Å². The van der Waals surface area contributed by atoms with Gasteiger partial charge < -0.3 is 15.3 Å². The van der Waals surface area contributed by atoms with E-state index in [1.807, 2.05) is 6.08 Å². The molecule has 0 radical (unpaired) electrons. The molecule has 6 nitrogen and oxygen atoms in total. The smallest absolute Gasteiger partial charge is 0.331 e. The molecule has 202 valence electrons. The number of carboxylic acid groups (broad SMARTS) is 3. The van der Waals surface area contributed by atoms with Crippen LogP contribution in [0.25, 0.3) is 0 Å². The Morgan fingerprint density at radius 3 is 2.22 bits per heavy atom. The summed E-state index contributed by atoms with van der Waals surface area (Å²) in [4.78, 5) is 34.6. The van der Waals surface area contributed by atoms with Crippen molar-refractivity contribution >= 4 is 17.9 Å². The van der Waals surface area contributed by atoms with E-state index in [-0.39, 0.29) is 28.6 Å². The summed E-state index contributed by atoms with van der Waals surface area (Å²) in [5.74, 6) is -1.07. The molecule has 0 aromatic rings. The van der Waals surface area contributed by atoms with Gasteiger partial charge in [0.2, 0.25) is 0 Å². The lowest BCUT2D eigenvalue weighted by molar-refractivity contribution is -0.148. The minimum atomic E-state index is -0.888. The molecule has 3 N–H and O–H groups in total. The Bertz CT molecular complexity index is 962. The van der Waals surface area contributed by atoms with E-state index in [1.165, 1.54) is 6.42 Å². The topological polar surface area (TPSA) is 112 Å². The Balaban J connectivity index is 1.90. The third kappa shape index (κ3) is 4.77. The summed E-state index contributed by atoms with van der Waals surface area (Å²) in [7, 11) is 0. The van der Waals surface area contributed by atoms with Crippen LogP contribution in [0.4, 0.5) is 0 Å². The van der Waals surface area contributed by atoms with Gasteiger partial charge in [-0.3, -0.25) is 4.79 Å². The monoisotopic (exact) mass is 502 g/mol. The Morgan fingerprint density at radius 2 is 1.64 bits per heavy atom. The van der Waals surface area contributed by atoms with Crippen molar-refractivity contribution in [2.45, 2.75) is 106 Å². The van der Waals surface area contributed by atoms with Crippen molar-refractivity contribution in [3.05, 3.63) is 22.8 Å². The third-order valence-corrected chi connectivity index (χ3v) is 11.3. The zero-order chi connectivity index (χ0) is 27.1. The van der Waals surface area contributed by atoms with E-state index in [9.17, 15) is 24.6 Å². The molecule has 3 aliphatic rings. The van der Waals surface area contributed by atoms with Crippen molar-refractivity contribution in [2.24, 2.45) is 39.9 Å². The van der Waals surface area contributed by atoms with E-state index >= 15 is 0 Å². The highest BCUT2D eigenvalue weighted by molar-refractivity contribution is 5.87. The highest BCUT2D eigenvalue weighted by Gasteiger charge is 2.66. The predicted octanol–water partition coefficient (Wildman–Crippen LogP) is 6.95. The summed E-state index contributed by atoms with van der Waals surface area (Å²) >= 11 is 0. The second kappa shape index (κ2) is 10.3. The minimum absolute atomic E-state index is 0.00886. The van der Waals surface area contributed by atoms with Crippen LogP contribution in [0, 0.1) is 39.9 Å². The number of carboxylic acids is 3. The lowest BCUT2D eigenvalue weighted by atomic mass is 9.40. The predicted molar refractivity (Wildman–Crippen MR) is 139 cm³/mol. The van der Waals surface area contributed by atoms with Gasteiger partial charge in [0.05, 0.1) is 0 Å². The summed E-state index contributed by atoms with van der Waals surface area (Å²) in [5, 5.41) is 28.4. The van der Waals surface area contributed by atoms with Gasteiger partial charge in [-0.1, -0.05) is 39.3 Å². The SMILES string of the molecule is C/C(C(=O)O)=C1\CC[C@H]2[C@](C)(CC[C@@]3(C)[C@H]([C@@H](C)CC/C=C(\C)C(=O)O)CC[C@]23C)[C@H]1CCC(=O)O. The van der Waals surface area contributed by atoms with Crippen LogP contribution in [0.5, 0.6) is 0 Å². The number of hydrogen-bond acceptors (Lipinski definition) is 3. The summed E-state index contributed by atoms with van der Waals surface area (Å²) in [5.41, 5.74) is 1.98. The number of aliphatic carboxylic acids is 3. The van der Waals surface area contributed by atoms with Crippen molar-refractivity contribution < 1.29 is 29.7 Å². The Morgan fingerprint density at radius 1 is 0.972 bits per heavy atom. The number of carbonyl (C=O) groups is 3.